The minimum atomic E-state index is -0.459. The Balaban J connectivity index is 0.000000145. The van der Waals surface area contributed by atoms with Gasteiger partial charge in [-0.1, -0.05) is 181 Å². The Kier molecular flexibility index (Phi) is 9.20. The average Bonchev–Trinajstić information content (AvgIpc) is 3.98. The largest absolute Gasteiger partial charge is 0.457 e. The van der Waals surface area contributed by atoms with Crippen LogP contribution < -0.4 is 0 Å². The summed E-state index contributed by atoms with van der Waals surface area (Å²) in [7, 11) is 0. The van der Waals surface area contributed by atoms with E-state index in [4.69, 9.17) is 4.74 Å². The molecule has 4 aliphatic carbocycles. The van der Waals surface area contributed by atoms with Gasteiger partial charge < -0.3 is 9.84 Å². The summed E-state index contributed by atoms with van der Waals surface area (Å²) in [5.41, 5.74) is 14.9. The Bertz CT molecular complexity index is 2420. The number of aliphatic hydroxyl groups is 1. The highest BCUT2D eigenvalue weighted by Gasteiger charge is 2.51. The summed E-state index contributed by atoms with van der Waals surface area (Å²) in [6.07, 6.45) is 9.28. The highest BCUT2D eigenvalue weighted by atomic mass is 16.5. The van der Waals surface area contributed by atoms with Crippen LogP contribution in [0.2, 0.25) is 0 Å². The third-order valence-electron chi connectivity index (χ3n) is 12.5. The van der Waals surface area contributed by atoms with Gasteiger partial charge in [0, 0.05) is 17.8 Å². The zero-order chi connectivity index (χ0) is 37.4. The molecule has 0 amide bonds. The van der Waals surface area contributed by atoms with Crippen LogP contribution in [0.3, 0.4) is 0 Å². The Labute approximate surface area is 324 Å². The Morgan fingerprint density at radius 2 is 0.964 bits per heavy atom. The molecule has 0 aliphatic heterocycles. The van der Waals surface area contributed by atoms with E-state index in [1.165, 1.54) is 62.6 Å². The van der Waals surface area contributed by atoms with Crippen LogP contribution >= 0.6 is 0 Å². The van der Waals surface area contributed by atoms with E-state index in [1.807, 2.05) is 18.2 Å². The molecule has 0 saturated carbocycles. The van der Waals surface area contributed by atoms with E-state index in [-0.39, 0.29) is 22.9 Å². The van der Waals surface area contributed by atoms with Gasteiger partial charge in [-0.15, -0.1) is 0 Å². The summed E-state index contributed by atoms with van der Waals surface area (Å²) in [4.78, 5) is 12.1. The predicted octanol–water partition coefficient (Wildman–Crippen LogP) is 10.9. The third-order valence-corrected chi connectivity index (χ3v) is 12.5. The molecular formula is C52H46O3. The Hall–Kier alpha value is -5.77. The molecular weight excluding hydrogens is 673 g/mol. The third kappa shape index (κ3) is 6.47. The van der Waals surface area contributed by atoms with Gasteiger partial charge in [-0.3, -0.25) is 4.79 Å². The average molecular weight is 719 g/mol. The second-order valence-electron chi connectivity index (χ2n) is 15.9. The molecule has 0 bridgehead atoms. The number of hydrogen-bond donors (Lipinski definition) is 1. The quantitative estimate of drug-likeness (QED) is 0.167. The fourth-order valence-electron chi connectivity index (χ4n) is 9.95. The normalized spacial score (nSPS) is 22.7. The van der Waals surface area contributed by atoms with Gasteiger partial charge in [0.15, 0.2) is 0 Å². The maximum Gasteiger partial charge on any atom is 0.303 e. The van der Waals surface area contributed by atoms with Crippen molar-refractivity contribution in [1.82, 2.24) is 0 Å². The van der Waals surface area contributed by atoms with E-state index in [0.29, 0.717) is 0 Å². The van der Waals surface area contributed by atoms with E-state index in [2.05, 4.69) is 152 Å². The van der Waals surface area contributed by atoms with Gasteiger partial charge >= 0.3 is 5.97 Å². The Morgan fingerprint density at radius 3 is 1.49 bits per heavy atom. The minimum Gasteiger partial charge on any atom is -0.457 e. The lowest BCUT2D eigenvalue weighted by molar-refractivity contribution is -0.152. The molecule has 3 nitrogen and oxygen atoms in total. The minimum absolute atomic E-state index is 0.222. The van der Waals surface area contributed by atoms with Crippen molar-refractivity contribution in [2.75, 3.05) is 0 Å². The molecule has 3 heteroatoms. The first-order valence-electron chi connectivity index (χ1n) is 19.6. The molecule has 0 spiro atoms. The number of hydrogen-bond acceptors (Lipinski definition) is 3. The molecule has 1 N–H and O–H groups in total. The number of rotatable bonds is 7. The van der Waals surface area contributed by atoms with Crippen LogP contribution in [0.1, 0.15) is 74.8 Å². The van der Waals surface area contributed by atoms with E-state index in [9.17, 15) is 9.90 Å². The number of fused-ring (bicyclic) bond motifs is 4. The lowest BCUT2D eigenvalue weighted by Crippen LogP contribution is -2.34. The van der Waals surface area contributed by atoms with Crippen molar-refractivity contribution in [3.05, 3.63) is 225 Å². The number of esters is 1. The molecule has 10 rings (SSSR count). The monoisotopic (exact) mass is 718 g/mol. The van der Waals surface area contributed by atoms with Crippen molar-refractivity contribution in [3.8, 4) is 0 Å². The van der Waals surface area contributed by atoms with Gasteiger partial charge in [0.1, 0.15) is 6.10 Å². The Morgan fingerprint density at radius 1 is 0.545 bits per heavy atom. The van der Waals surface area contributed by atoms with E-state index < -0.39 is 6.10 Å². The van der Waals surface area contributed by atoms with Crippen LogP contribution in [0.15, 0.2) is 169 Å². The molecule has 6 aromatic carbocycles. The number of benzene rings is 6. The molecule has 0 aromatic heterocycles. The topological polar surface area (TPSA) is 46.5 Å². The highest BCUT2D eigenvalue weighted by molar-refractivity contribution is 5.70. The standard InChI is InChI=1S/C27H24O2.C25H22O/c1-19(28)29-26-25-14-8-7-13-23(25)18-27(26,17-20-9-3-2-4-10-20)24-15-21-11-5-6-12-22(21)16-24;26-24-23-13-7-6-12-21(23)17-25(24,16-18-8-2-1-3-9-18)22-14-19-10-4-5-11-20(19)15-22/h2-15,26H,16-18H2,1H3;1-14,24,26H,15-17H2. The lowest BCUT2D eigenvalue weighted by atomic mass is 9.70. The maximum absolute atomic E-state index is 12.1. The van der Waals surface area contributed by atoms with Gasteiger partial charge in [-0.2, -0.15) is 0 Å². The van der Waals surface area contributed by atoms with Crippen molar-refractivity contribution in [2.24, 2.45) is 10.8 Å². The molecule has 6 aromatic rings. The molecule has 0 saturated heterocycles. The zero-order valence-corrected chi connectivity index (χ0v) is 31.3. The van der Waals surface area contributed by atoms with E-state index >= 15 is 0 Å². The fourth-order valence-corrected chi connectivity index (χ4v) is 9.95. The van der Waals surface area contributed by atoms with Gasteiger partial charge in [-0.25, -0.2) is 0 Å². The SMILES string of the molecule is CC(=O)OC1c2ccccc2CC1(Cc1ccccc1)C1=Cc2ccccc2C1.OC1c2ccccc2CC1(Cc1ccccc1)C1=Cc2ccccc2C1. The van der Waals surface area contributed by atoms with Gasteiger partial charge in [0.25, 0.3) is 0 Å². The summed E-state index contributed by atoms with van der Waals surface area (Å²) < 4.78 is 6.06. The molecule has 272 valence electrons. The molecule has 55 heavy (non-hydrogen) atoms. The molecule has 4 unspecified atom stereocenters. The predicted molar refractivity (Wildman–Crippen MR) is 221 cm³/mol. The van der Waals surface area contributed by atoms with Crippen molar-refractivity contribution < 1.29 is 14.6 Å². The summed E-state index contributed by atoms with van der Waals surface area (Å²) in [6.45, 7) is 1.52. The molecule has 4 aliphatic rings. The van der Waals surface area contributed by atoms with Gasteiger partial charge in [0.2, 0.25) is 0 Å². The second kappa shape index (κ2) is 14.5. The first kappa shape index (κ1) is 35.0. The van der Waals surface area contributed by atoms with Crippen molar-refractivity contribution in [2.45, 2.75) is 57.7 Å². The lowest BCUT2D eigenvalue weighted by Gasteiger charge is -2.37. The smallest absolute Gasteiger partial charge is 0.303 e. The highest BCUT2D eigenvalue weighted by Crippen LogP contribution is 2.57. The van der Waals surface area contributed by atoms with E-state index in [1.54, 1.807) is 0 Å². The summed E-state index contributed by atoms with van der Waals surface area (Å²) >= 11 is 0. The van der Waals surface area contributed by atoms with Gasteiger partial charge in [-0.05, 0) is 94.2 Å². The van der Waals surface area contributed by atoms with Crippen LogP contribution in [0.5, 0.6) is 0 Å². The summed E-state index contributed by atoms with van der Waals surface area (Å²) in [6, 6.07) is 55.2. The van der Waals surface area contributed by atoms with Crippen LogP contribution in [-0.4, -0.2) is 11.1 Å². The fraction of sp³-hybridized carbons (Fsp3) is 0.212. The van der Waals surface area contributed by atoms with Crippen LogP contribution in [0.4, 0.5) is 0 Å². The molecule has 0 radical (unpaired) electrons. The molecule has 0 heterocycles. The van der Waals surface area contributed by atoms with Crippen LogP contribution in [0.25, 0.3) is 12.2 Å². The first-order valence-corrected chi connectivity index (χ1v) is 19.6. The van der Waals surface area contributed by atoms with E-state index in [0.717, 1.165) is 49.7 Å². The van der Waals surface area contributed by atoms with Crippen LogP contribution in [-0.2, 0) is 48.1 Å². The van der Waals surface area contributed by atoms with Crippen LogP contribution in [0, 0.1) is 10.8 Å². The second-order valence-corrected chi connectivity index (χ2v) is 15.9. The molecule has 0 fully saturated rings. The maximum atomic E-state index is 12.1. The van der Waals surface area contributed by atoms with Crippen molar-refractivity contribution in [1.29, 1.82) is 0 Å². The van der Waals surface area contributed by atoms with Crippen molar-refractivity contribution in [3.63, 3.8) is 0 Å². The molecule has 4 atom stereocenters. The number of ether oxygens (including phenoxy) is 1. The van der Waals surface area contributed by atoms with Crippen molar-refractivity contribution >= 4 is 18.1 Å². The number of carbonyl (C=O) groups excluding carboxylic acids is 1. The zero-order valence-electron chi connectivity index (χ0n) is 31.3. The number of carbonyl (C=O) groups is 1. The summed E-state index contributed by atoms with van der Waals surface area (Å²) in [5, 5.41) is 11.5. The summed E-state index contributed by atoms with van der Waals surface area (Å²) in [5.74, 6) is -0.222. The number of aliphatic hydroxyl groups excluding tert-OH is 1. The van der Waals surface area contributed by atoms with Gasteiger partial charge in [0.05, 0.1) is 6.10 Å². The first-order chi connectivity index (χ1) is 26.9.